The molecule has 1 saturated carbocycles. The summed E-state index contributed by atoms with van der Waals surface area (Å²) in [6, 6.07) is 7.14. The molecule has 3 rings (SSSR count). The molecule has 1 aliphatic rings. The summed E-state index contributed by atoms with van der Waals surface area (Å²) < 4.78 is 40.2. The van der Waals surface area contributed by atoms with Gasteiger partial charge in [-0.15, -0.1) is 4.73 Å². The lowest BCUT2D eigenvalue weighted by Gasteiger charge is -2.24. The number of anilines is 1. The van der Waals surface area contributed by atoms with Gasteiger partial charge in [-0.1, -0.05) is 70.6 Å². The molecule has 204 valence electrons. The van der Waals surface area contributed by atoms with Crippen molar-refractivity contribution < 1.29 is 37.8 Å². The van der Waals surface area contributed by atoms with Gasteiger partial charge in [0.1, 0.15) is 0 Å². The van der Waals surface area contributed by atoms with E-state index < -0.39 is 29.8 Å². The molecule has 0 saturated heterocycles. The summed E-state index contributed by atoms with van der Waals surface area (Å²) in [6.07, 6.45) is 8.36. The second-order valence-electron chi connectivity index (χ2n) is 9.64. The molecule has 37 heavy (non-hydrogen) atoms. The largest absolute Gasteiger partial charge is 0.492 e. The molecular weight excluding hydrogens is 489 g/mol. The minimum Gasteiger partial charge on any atom is -0.492 e. The first kappa shape index (κ1) is 28.4. The van der Waals surface area contributed by atoms with Crippen molar-refractivity contribution >= 4 is 17.6 Å². The fourth-order valence-electron chi connectivity index (χ4n) is 4.80. The topological polar surface area (TPSA) is 92.0 Å². The van der Waals surface area contributed by atoms with E-state index in [9.17, 15) is 33.0 Å². The third-order valence-corrected chi connectivity index (χ3v) is 6.84. The lowest BCUT2D eigenvalue weighted by molar-refractivity contribution is -0.170. The first-order valence-corrected chi connectivity index (χ1v) is 13.0. The zero-order chi connectivity index (χ0) is 26.8. The monoisotopic (exact) mass is 524 g/mol. The van der Waals surface area contributed by atoms with E-state index in [0.717, 1.165) is 43.7 Å². The number of rotatable bonds is 12. The van der Waals surface area contributed by atoms with E-state index in [-0.39, 0.29) is 17.8 Å². The minimum atomic E-state index is -5.03. The summed E-state index contributed by atoms with van der Waals surface area (Å²) in [5.74, 6) is -3.07. The third-order valence-electron chi connectivity index (χ3n) is 6.84. The molecule has 0 radical (unpaired) electrons. The Labute approximate surface area is 214 Å². The molecule has 1 amide bonds. The fraction of sp³-hybridized carbons (Fsp3) is 0.556. The highest BCUT2D eigenvalue weighted by molar-refractivity contribution is 5.98. The van der Waals surface area contributed by atoms with E-state index in [1.165, 1.54) is 69.2 Å². The van der Waals surface area contributed by atoms with Crippen LogP contribution in [-0.2, 0) is 4.79 Å². The number of hydrogen-bond donors (Lipinski definition) is 2. The summed E-state index contributed by atoms with van der Waals surface area (Å²) in [4.78, 5) is 29.9. The van der Waals surface area contributed by atoms with Crippen LogP contribution in [0.4, 0.5) is 18.9 Å². The summed E-state index contributed by atoms with van der Waals surface area (Å²) >= 11 is 0. The second-order valence-corrected chi connectivity index (χ2v) is 9.64. The van der Waals surface area contributed by atoms with Crippen LogP contribution in [0.3, 0.4) is 0 Å². The van der Waals surface area contributed by atoms with Gasteiger partial charge in [-0.05, 0) is 36.6 Å². The highest BCUT2D eigenvalue weighted by Crippen LogP contribution is 2.28. The molecule has 0 bridgehead atoms. The van der Waals surface area contributed by atoms with Crippen molar-refractivity contribution in [3.05, 3.63) is 42.0 Å². The van der Waals surface area contributed by atoms with Crippen molar-refractivity contribution in [1.29, 1.82) is 0 Å². The number of nitrogens with zero attached hydrogens (tertiary/aromatic N) is 2. The Morgan fingerprint density at radius 2 is 1.43 bits per heavy atom. The van der Waals surface area contributed by atoms with Gasteiger partial charge in [0, 0.05) is 24.4 Å². The van der Waals surface area contributed by atoms with E-state index in [1.807, 2.05) is 0 Å². The standard InChI is InChI=1S/C27H35F3N2O5/c28-27(29,30)26(36)31(19-9-4-2-1-3-6-10-20-11-7-5-8-12-20)22-15-13-21(14-16-22)25(35)37-32-23(33)17-18-24(32)34/h13-18,20,33-34H,1-12,19H2. The molecule has 0 spiro atoms. The Hall–Kier alpha value is -3.17. The summed E-state index contributed by atoms with van der Waals surface area (Å²) in [6.45, 7) is -0.0880. The number of aromatic hydroxyl groups is 2. The van der Waals surface area contributed by atoms with Gasteiger partial charge in [0.15, 0.2) is 0 Å². The highest BCUT2D eigenvalue weighted by atomic mass is 19.4. The van der Waals surface area contributed by atoms with Crippen LogP contribution in [0.1, 0.15) is 87.4 Å². The van der Waals surface area contributed by atoms with Crippen LogP contribution in [-0.4, -0.2) is 39.5 Å². The van der Waals surface area contributed by atoms with E-state index in [0.29, 0.717) is 16.1 Å². The lowest BCUT2D eigenvalue weighted by atomic mass is 9.85. The van der Waals surface area contributed by atoms with Crippen molar-refractivity contribution in [3.8, 4) is 11.8 Å². The number of carbonyl (C=O) groups excluding carboxylic acids is 2. The van der Waals surface area contributed by atoms with E-state index >= 15 is 0 Å². The molecule has 1 aliphatic carbocycles. The molecule has 10 heteroatoms. The molecule has 2 aromatic rings. The first-order valence-electron chi connectivity index (χ1n) is 13.0. The quantitative estimate of drug-likeness (QED) is 0.315. The van der Waals surface area contributed by atoms with Gasteiger partial charge in [-0.25, -0.2) is 4.79 Å². The number of benzene rings is 1. The van der Waals surface area contributed by atoms with Crippen LogP contribution < -0.4 is 9.74 Å². The Morgan fingerprint density at radius 3 is 2.03 bits per heavy atom. The van der Waals surface area contributed by atoms with E-state index in [1.54, 1.807) is 0 Å². The summed E-state index contributed by atoms with van der Waals surface area (Å²) in [5, 5.41) is 19.1. The molecule has 1 aromatic heterocycles. The number of unbranched alkanes of at least 4 members (excludes halogenated alkanes) is 5. The minimum absolute atomic E-state index is 0.0121. The highest BCUT2D eigenvalue weighted by Gasteiger charge is 2.42. The van der Waals surface area contributed by atoms with E-state index in [4.69, 9.17) is 4.84 Å². The number of aromatic nitrogens is 1. The van der Waals surface area contributed by atoms with Gasteiger partial charge >= 0.3 is 18.1 Å². The van der Waals surface area contributed by atoms with Gasteiger partial charge < -0.3 is 20.0 Å². The number of halogens is 3. The van der Waals surface area contributed by atoms with Gasteiger partial charge in [-0.2, -0.15) is 13.2 Å². The zero-order valence-electron chi connectivity index (χ0n) is 20.9. The molecular formula is C27H35F3N2O5. The third kappa shape index (κ3) is 8.43. The average Bonchev–Trinajstić information content (AvgIpc) is 3.19. The maximum atomic E-state index is 13.2. The predicted molar refractivity (Wildman–Crippen MR) is 132 cm³/mol. The van der Waals surface area contributed by atoms with Crippen molar-refractivity contribution in [2.75, 3.05) is 11.4 Å². The molecule has 1 aromatic carbocycles. The Kier molecular flexibility index (Phi) is 10.3. The van der Waals surface area contributed by atoms with Gasteiger partial charge in [-0.3, -0.25) is 4.79 Å². The van der Waals surface area contributed by atoms with Gasteiger partial charge in [0.2, 0.25) is 11.8 Å². The molecule has 0 atom stereocenters. The van der Waals surface area contributed by atoms with Crippen LogP contribution in [0.5, 0.6) is 11.8 Å². The molecule has 0 aliphatic heterocycles. The zero-order valence-corrected chi connectivity index (χ0v) is 20.9. The van der Waals surface area contributed by atoms with Crippen molar-refractivity contribution in [2.24, 2.45) is 5.92 Å². The van der Waals surface area contributed by atoms with E-state index in [2.05, 4.69) is 0 Å². The van der Waals surface area contributed by atoms with Gasteiger partial charge in [0.05, 0.1) is 5.56 Å². The van der Waals surface area contributed by atoms with Crippen LogP contribution >= 0.6 is 0 Å². The van der Waals surface area contributed by atoms with Gasteiger partial charge in [0.25, 0.3) is 0 Å². The van der Waals surface area contributed by atoms with Crippen molar-refractivity contribution in [3.63, 3.8) is 0 Å². The Morgan fingerprint density at radius 1 is 0.865 bits per heavy atom. The van der Waals surface area contributed by atoms with Crippen molar-refractivity contribution in [2.45, 2.75) is 83.2 Å². The molecule has 7 nitrogen and oxygen atoms in total. The summed E-state index contributed by atoms with van der Waals surface area (Å²) in [7, 11) is 0. The predicted octanol–water partition coefficient (Wildman–Crippen LogP) is 6.37. The number of hydrogen-bond acceptors (Lipinski definition) is 5. The number of carbonyl (C=O) groups is 2. The SMILES string of the molecule is O=C(On1c(O)ccc1O)c1ccc(N(CCCCCCCCC2CCCCC2)C(=O)C(F)(F)F)cc1. The maximum absolute atomic E-state index is 13.2. The molecule has 1 heterocycles. The van der Waals surface area contributed by atoms with Crippen LogP contribution in [0.2, 0.25) is 0 Å². The molecule has 1 fully saturated rings. The maximum Gasteiger partial charge on any atom is 0.471 e. The average molecular weight is 525 g/mol. The smallest absolute Gasteiger partial charge is 0.471 e. The lowest BCUT2D eigenvalue weighted by Crippen LogP contribution is -2.41. The summed E-state index contributed by atoms with van der Waals surface area (Å²) in [5.41, 5.74) is -0.0260. The Balaban J connectivity index is 1.49. The Bertz CT molecular complexity index is 995. The van der Waals surface area contributed by atoms with Crippen LogP contribution in [0.15, 0.2) is 36.4 Å². The van der Waals surface area contributed by atoms with Crippen molar-refractivity contribution in [1.82, 2.24) is 4.73 Å². The second kappa shape index (κ2) is 13.4. The number of alkyl halides is 3. The van der Waals surface area contributed by atoms with Crippen LogP contribution in [0.25, 0.3) is 0 Å². The normalized spacial score (nSPS) is 14.5. The van der Waals surface area contributed by atoms with Crippen LogP contribution in [0, 0.1) is 5.92 Å². The molecule has 0 unspecified atom stereocenters. The first-order chi connectivity index (χ1) is 17.7. The fourth-order valence-corrected chi connectivity index (χ4v) is 4.80. The number of amides is 1. The molecule has 2 N–H and O–H groups in total.